The first-order valence-corrected chi connectivity index (χ1v) is 6.87. The van der Waals surface area contributed by atoms with Gasteiger partial charge in [0.1, 0.15) is 0 Å². The number of rotatable bonds is 4. The molecule has 1 unspecified atom stereocenters. The van der Waals surface area contributed by atoms with Crippen molar-refractivity contribution in [2.24, 2.45) is 7.05 Å². The number of anilines is 1. The Morgan fingerprint density at radius 2 is 2.33 bits per heavy atom. The van der Waals surface area contributed by atoms with E-state index < -0.39 is 4.92 Å². The van der Waals surface area contributed by atoms with Gasteiger partial charge in [-0.05, 0) is 34.0 Å². The van der Waals surface area contributed by atoms with Crippen LogP contribution in [0.1, 0.15) is 17.2 Å². The Labute approximate surface area is 122 Å². The standard InChI is InChI=1S/C14H17N5O2/c1-18-9-17-14(19(20)21)13(18)16-8-12-11-5-3-2-4-10(11)6-7-15-12/h2-5,9,12,15-16H,6-8H2,1H3. The summed E-state index contributed by atoms with van der Waals surface area (Å²) in [7, 11) is 1.74. The summed E-state index contributed by atoms with van der Waals surface area (Å²) >= 11 is 0. The molecule has 0 spiro atoms. The maximum atomic E-state index is 11.0. The van der Waals surface area contributed by atoms with Crippen LogP contribution in [0.5, 0.6) is 0 Å². The smallest absolute Gasteiger partial charge is 0.362 e. The molecule has 2 heterocycles. The van der Waals surface area contributed by atoms with Crippen molar-refractivity contribution < 1.29 is 4.92 Å². The third-order valence-electron chi connectivity index (χ3n) is 3.78. The number of aromatic nitrogens is 2. The van der Waals surface area contributed by atoms with Crippen molar-refractivity contribution in [3.8, 4) is 0 Å². The number of nitro groups is 1. The summed E-state index contributed by atoms with van der Waals surface area (Å²) in [6.45, 7) is 1.49. The van der Waals surface area contributed by atoms with Crippen molar-refractivity contribution in [2.45, 2.75) is 12.5 Å². The number of nitrogens with one attached hydrogen (secondary N) is 2. The highest BCUT2D eigenvalue weighted by atomic mass is 16.6. The van der Waals surface area contributed by atoms with Crippen molar-refractivity contribution in [1.29, 1.82) is 0 Å². The predicted molar refractivity (Wildman–Crippen MR) is 79.2 cm³/mol. The first-order valence-electron chi connectivity index (χ1n) is 6.87. The van der Waals surface area contributed by atoms with E-state index in [1.807, 2.05) is 12.1 Å². The molecule has 7 nitrogen and oxygen atoms in total. The highest BCUT2D eigenvalue weighted by Crippen LogP contribution is 2.25. The molecule has 1 aromatic carbocycles. The molecule has 1 aliphatic heterocycles. The van der Waals surface area contributed by atoms with Gasteiger partial charge in [-0.3, -0.25) is 4.57 Å². The van der Waals surface area contributed by atoms with Gasteiger partial charge in [-0.15, -0.1) is 0 Å². The average molecular weight is 287 g/mol. The highest BCUT2D eigenvalue weighted by Gasteiger charge is 2.23. The quantitative estimate of drug-likeness (QED) is 0.659. The second kappa shape index (κ2) is 5.53. The van der Waals surface area contributed by atoms with Crippen molar-refractivity contribution in [3.05, 3.63) is 51.8 Å². The van der Waals surface area contributed by atoms with Gasteiger partial charge in [0, 0.05) is 19.6 Å². The fraction of sp³-hybridized carbons (Fsp3) is 0.357. The molecule has 0 fully saturated rings. The normalized spacial score (nSPS) is 17.3. The molecule has 2 N–H and O–H groups in total. The summed E-state index contributed by atoms with van der Waals surface area (Å²) in [5.74, 6) is 0.298. The van der Waals surface area contributed by atoms with E-state index >= 15 is 0 Å². The number of fused-ring (bicyclic) bond motifs is 1. The van der Waals surface area contributed by atoms with E-state index in [-0.39, 0.29) is 11.9 Å². The lowest BCUT2D eigenvalue weighted by molar-refractivity contribution is -0.388. The van der Waals surface area contributed by atoms with Crippen LogP contribution in [0.25, 0.3) is 0 Å². The third-order valence-corrected chi connectivity index (χ3v) is 3.78. The molecule has 0 bridgehead atoms. The summed E-state index contributed by atoms with van der Waals surface area (Å²) < 4.78 is 1.63. The van der Waals surface area contributed by atoms with Crippen LogP contribution in [0.4, 0.5) is 11.6 Å². The van der Waals surface area contributed by atoms with Gasteiger partial charge in [-0.25, -0.2) is 0 Å². The van der Waals surface area contributed by atoms with Crippen LogP contribution in [0.15, 0.2) is 30.6 Å². The van der Waals surface area contributed by atoms with Crippen molar-refractivity contribution >= 4 is 11.6 Å². The molecule has 0 amide bonds. The Bertz CT molecular complexity index is 667. The van der Waals surface area contributed by atoms with E-state index in [2.05, 4.69) is 27.8 Å². The zero-order valence-corrected chi connectivity index (χ0v) is 11.7. The summed E-state index contributed by atoms with van der Waals surface area (Å²) in [4.78, 5) is 14.3. The minimum atomic E-state index is -0.468. The summed E-state index contributed by atoms with van der Waals surface area (Å²) in [6, 6.07) is 8.44. The zero-order valence-electron chi connectivity index (χ0n) is 11.7. The largest absolute Gasteiger partial charge is 0.406 e. The second-order valence-electron chi connectivity index (χ2n) is 5.12. The number of benzene rings is 1. The molecule has 0 radical (unpaired) electrons. The maximum Gasteiger partial charge on any atom is 0.406 e. The fourth-order valence-electron chi connectivity index (χ4n) is 2.73. The van der Waals surface area contributed by atoms with Crippen molar-refractivity contribution in [3.63, 3.8) is 0 Å². The Balaban J connectivity index is 1.78. The lowest BCUT2D eigenvalue weighted by Crippen LogP contribution is -2.34. The van der Waals surface area contributed by atoms with Crippen molar-refractivity contribution in [1.82, 2.24) is 14.9 Å². The molecule has 1 aliphatic rings. The Morgan fingerprint density at radius 1 is 1.52 bits per heavy atom. The number of imidazole rings is 1. The Kier molecular flexibility index (Phi) is 3.57. The molecule has 21 heavy (non-hydrogen) atoms. The second-order valence-corrected chi connectivity index (χ2v) is 5.12. The summed E-state index contributed by atoms with van der Waals surface area (Å²) in [6.07, 6.45) is 2.46. The molecular formula is C14H17N5O2. The van der Waals surface area contributed by atoms with Crippen LogP contribution in [-0.4, -0.2) is 27.6 Å². The van der Waals surface area contributed by atoms with Crippen LogP contribution in [0.2, 0.25) is 0 Å². The van der Waals surface area contributed by atoms with Gasteiger partial charge in [-0.1, -0.05) is 24.3 Å². The van der Waals surface area contributed by atoms with Gasteiger partial charge >= 0.3 is 5.82 Å². The molecule has 0 saturated heterocycles. The van der Waals surface area contributed by atoms with Gasteiger partial charge in [-0.2, -0.15) is 0 Å². The summed E-state index contributed by atoms with van der Waals surface area (Å²) in [5, 5.41) is 17.6. The Hall–Kier alpha value is -2.41. The van der Waals surface area contributed by atoms with Crippen LogP contribution >= 0.6 is 0 Å². The minimum Gasteiger partial charge on any atom is -0.362 e. The van der Waals surface area contributed by atoms with Gasteiger partial charge in [0.15, 0.2) is 0 Å². The van der Waals surface area contributed by atoms with E-state index in [4.69, 9.17) is 0 Å². The molecular weight excluding hydrogens is 270 g/mol. The topological polar surface area (TPSA) is 85.0 Å². The SMILES string of the molecule is Cn1cnc([N+](=O)[O-])c1NCC1NCCc2ccccc21. The first-order chi connectivity index (χ1) is 10.2. The molecule has 1 aromatic heterocycles. The lowest BCUT2D eigenvalue weighted by Gasteiger charge is -2.27. The summed E-state index contributed by atoms with van der Waals surface area (Å²) in [5.41, 5.74) is 2.59. The number of aryl methyl sites for hydroxylation is 1. The van der Waals surface area contributed by atoms with Gasteiger partial charge in [0.25, 0.3) is 0 Å². The van der Waals surface area contributed by atoms with E-state index in [0.717, 1.165) is 13.0 Å². The fourth-order valence-corrected chi connectivity index (χ4v) is 2.73. The zero-order chi connectivity index (χ0) is 14.8. The molecule has 0 aliphatic carbocycles. The van der Waals surface area contributed by atoms with Crippen LogP contribution in [0, 0.1) is 10.1 Å². The Morgan fingerprint density at radius 3 is 3.14 bits per heavy atom. The number of nitrogens with zero attached hydrogens (tertiary/aromatic N) is 3. The molecule has 110 valence electrons. The van der Waals surface area contributed by atoms with Crippen molar-refractivity contribution in [2.75, 3.05) is 18.4 Å². The van der Waals surface area contributed by atoms with E-state index in [9.17, 15) is 10.1 Å². The van der Waals surface area contributed by atoms with E-state index in [1.165, 1.54) is 17.5 Å². The molecule has 1 atom stereocenters. The van der Waals surface area contributed by atoms with E-state index in [1.54, 1.807) is 11.6 Å². The van der Waals surface area contributed by atoms with Gasteiger partial charge in [0.2, 0.25) is 12.1 Å². The maximum absolute atomic E-state index is 11.0. The van der Waals surface area contributed by atoms with Gasteiger partial charge < -0.3 is 20.7 Å². The number of hydrogen-bond acceptors (Lipinski definition) is 5. The minimum absolute atomic E-state index is 0.137. The molecule has 0 saturated carbocycles. The average Bonchev–Trinajstić information content (AvgIpc) is 2.86. The van der Waals surface area contributed by atoms with E-state index in [0.29, 0.717) is 12.4 Å². The lowest BCUT2D eigenvalue weighted by atomic mass is 9.94. The van der Waals surface area contributed by atoms with Gasteiger partial charge in [0.05, 0.1) is 0 Å². The third kappa shape index (κ3) is 2.59. The van der Waals surface area contributed by atoms with Crippen LogP contribution in [0.3, 0.4) is 0 Å². The molecule has 3 rings (SSSR count). The monoisotopic (exact) mass is 287 g/mol. The predicted octanol–water partition coefficient (Wildman–Crippen LogP) is 1.63. The first kappa shape index (κ1) is 13.6. The van der Waals surface area contributed by atoms with Crippen LogP contribution in [-0.2, 0) is 13.5 Å². The highest BCUT2D eigenvalue weighted by molar-refractivity contribution is 5.52. The molecule has 2 aromatic rings. The number of hydrogen-bond donors (Lipinski definition) is 2. The van der Waals surface area contributed by atoms with Crippen LogP contribution < -0.4 is 10.6 Å². The molecule has 7 heteroatoms.